The van der Waals surface area contributed by atoms with Crippen molar-refractivity contribution >= 4 is 90.1 Å². The largest absolute Gasteiger partial charge is 0.505 e. The number of nitrogens with one attached hydrogen (secondary N) is 4. The Hall–Kier alpha value is -2.33. The molecule has 12 atom stereocenters. The van der Waals surface area contributed by atoms with Gasteiger partial charge in [0.15, 0.2) is 22.8 Å². The number of alkyl carbamates (subject to hydrolysis) is 4. The normalized spacial score (nSPS) is 25.0. The molecule has 3 unspecified atom stereocenters. The number of amides is 4. The number of benzene rings is 1. The smallest absolute Gasteiger partial charge is 0.444 e. The van der Waals surface area contributed by atoms with Crippen molar-refractivity contribution in [3.8, 4) is 0 Å². The third kappa shape index (κ3) is 49.8. The fourth-order valence-electron chi connectivity index (χ4n) is 7.36. The molecule has 25 nitrogen and oxygen atoms in total. The SMILES string of the molecule is C.C.CC(C)(C)OC(=O)N[C@]1(C)C[C@H]1CBr.CC(C)(C)OC(=O)N[C@]1(C)C[C@H]1CO.CC(C)(C)OC(=O)N[C@]1(C)C[C@H]1C[P+](=O)O.C[Si](C)(C)OPO[Si](C)(C)C.O=PO.OC[C@@H](O)COCc1ccccc1.[2H]C(O)P(=O)(O)C[C@@H]1C[C@@]1(C)NC(=O)OC(C)(C)C. The van der Waals surface area contributed by atoms with E-state index in [1.54, 1.807) is 48.5 Å². The molecule has 4 saturated carbocycles. The Morgan fingerprint density at radius 1 is 0.681 bits per heavy atom. The van der Waals surface area contributed by atoms with Crippen LogP contribution in [0.4, 0.5) is 19.2 Å². The Morgan fingerprint density at radius 3 is 1.29 bits per heavy atom. The van der Waals surface area contributed by atoms with Crippen LogP contribution in [0.2, 0.25) is 39.3 Å². The predicted molar refractivity (Wildman–Crippen MR) is 371 cm³/mol. The molecular formula is C59H120BrN4O21P4Si2+. The van der Waals surface area contributed by atoms with Gasteiger partial charge in [0.25, 0.3) is 0 Å². The van der Waals surface area contributed by atoms with E-state index in [1.165, 1.54) is 0 Å². The molecule has 91 heavy (non-hydrogen) atoms. The molecule has 0 radical (unpaired) electrons. The van der Waals surface area contributed by atoms with Gasteiger partial charge in [0, 0.05) is 52.1 Å². The molecule has 5 rings (SSSR count). The Balaban J connectivity index is -0.000000502. The molecule has 32 heteroatoms. The van der Waals surface area contributed by atoms with E-state index in [0.29, 0.717) is 18.9 Å². The van der Waals surface area contributed by atoms with Crippen molar-refractivity contribution in [3.05, 3.63) is 35.9 Å². The van der Waals surface area contributed by atoms with Crippen LogP contribution >= 0.6 is 49.0 Å². The fraction of sp³-hybridized carbons (Fsp3) is 0.831. The Kier molecular flexibility index (Phi) is 41.9. The van der Waals surface area contributed by atoms with Gasteiger partial charge in [-0.15, -0.1) is 0 Å². The highest BCUT2D eigenvalue weighted by atomic mass is 79.9. The molecule has 536 valence electrons. The number of carbonyl (C=O) groups excluding carboxylic acids is 4. The summed E-state index contributed by atoms with van der Waals surface area (Å²) < 4.78 is 74.4. The van der Waals surface area contributed by atoms with E-state index in [9.17, 15) is 33.2 Å². The lowest BCUT2D eigenvalue weighted by molar-refractivity contribution is 0.0000252. The van der Waals surface area contributed by atoms with Crippen LogP contribution in [0.25, 0.3) is 0 Å². The minimum absolute atomic E-state index is 0. The van der Waals surface area contributed by atoms with Gasteiger partial charge >= 0.3 is 41.1 Å². The zero-order chi connectivity index (χ0) is 70.9. The minimum Gasteiger partial charge on any atom is -0.444 e. The third-order valence-corrected chi connectivity index (χ3v) is 21.0. The second-order valence-corrected chi connectivity index (χ2v) is 43.4. The number of hydrogen-bond donors (Lipinski definition) is 11. The van der Waals surface area contributed by atoms with Crippen LogP contribution < -0.4 is 21.3 Å². The van der Waals surface area contributed by atoms with Gasteiger partial charge in [0.1, 0.15) is 43.9 Å². The summed E-state index contributed by atoms with van der Waals surface area (Å²) >= 11 is 3.41. The number of hydrogen-bond acceptors (Lipinski definition) is 18. The highest BCUT2D eigenvalue weighted by Crippen LogP contribution is 2.53. The summed E-state index contributed by atoms with van der Waals surface area (Å²) in [4.78, 5) is 71.1. The van der Waals surface area contributed by atoms with Gasteiger partial charge in [-0.3, -0.25) is 4.57 Å². The predicted octanol–water partition coefficient (Wildman–Crippen LogP) is 12.7. The first-order valence-electron chi connectivity index (χ1n) is 29.8. The molecule has 4 fully saturated rings. The maximum Gasteiger partial charge on any atom is 0.505 e. The first kappa shape index (κ1) is 92.9. The molecule has 11 N–H and O–H groups in total. The summed E-state index contributed by atoms with van der Waals surface area (Å²) in [5.41, 5.74) is -2.26. The standard InChI is InChI=1S/C11H22NO5P.C10H18BrNO2.C10H18NO4P.C10H19NO3.C10H14O3.C6H19O2PSi2.2CH4.HO2P/c1-10(2,3)17-9(14)12-11(4)5-8(11)6-18(15,16)7-13;1-9(2,3)14-8(13)12-10(4)5-7(10)6-11;1-9(2,3)15-8(12)11-10(4)5-7(10)6-16(13)14;1-9(2,3)14-8(13)11-10(4)5-7(10)6-12;11-6-10(12)8-13-7-9-4-2-1-3-5-9;1-10(2,3)7-9-8-11(4,5)6;;;1-3-2/h8,13H,5-7H2,1-4H3,(H,12,14)(H,15,16);7H,5-6H2,1-4H3,(H,12,13);7H,5-6H2,1-4H3,(H-,11,12,13,14);7,12H,5-6H2,1-4H3,(H,11,13);1-5,10-12H,6-8H2;9H,1-6H3;2*1H4;(H,1,2)/p+1/t8-,11+;3*7-,10+;10-;;;;/m00001..../s1/i7D;;;;;;;;/t7?,8-,11+;;;;;;;;. The van der Waals surface area contributed by atoms with Gasteiger partial charge in [-0.05, 0) is 198 Å². The third-order valence-electron chi connectivity index (χ3n) is 12.6. The average molecular weight is 1480 g/mol. The van der Waals surface area contributed by atoms with Gasteiger partial charge in [-0.1, -0.05) is 61.1 Å². The minimum atomic E-state index is -3.89. The van der Waals surface area contributed by atoms with E-state index in [0.717, 1.165) is 30.2 Å². The lowest BCUT2D eigenvalue weighted by Gasteiger charge is -2.22. The molecule has 4 aliphatic carbocycles. The summed E-state index contributed by atoms with van der Waals surface area (Å²) in [7, 11) is -9.29. The van der Waals surface area contributed by atoms with Gasteiger partial charge < -0.3 is 83.6 Å². The molecular weight excluding hydrogens is 1360 g/mol. The van der Waals surface area contributed by atoms with Crippen LogP contribution in [-0.2, 0) is 52.4 Å². The lowest BCUT2D eigenvalue weighted by Crippen LogP contribution is -2.40. The van der Waals surface area contributed by atoms with Crippen molar-refractivity contribution < 1.29 is 101 Å². The molecule has 1 aromatic carbocycles. The molecule has 4 aliphatic rings. The zero-order valence-corrected chi connectivity index (χ0v) is 64.0. The van der Waals surface area contributed by atoms with Crippen LogP contribution in [0, 0.1) is 23.7 Å². The van der Waals surface area contributed by atoms with E-state index in [1.807, 2.05) is 92.6 Å². The van der Waals surface area contributed by atoms with E-state index in [2.05, 4.69) is 76.5 Å². The zero-order valence-electron chi connectivity index (χ0n) is 57.7. The summed E-state index contributed by atoms with van der Waals surface area (Å²) in [6.07, 6.45) is -1.35. The van der Waals surface area contributed by atoms with Crippen LogP contribution in [0.5, 0.6) is 0 Å². The number of rotatable bonds is 20. The van der Waals surface area contributed by atoms with Crippen molar-refractivity contribution in [1.29, 1.82) is 0 Å². The van der Waals surface area contributed by atoms with Crippen LogP contribution in [0.15, 0.2) is 30.3 Å². The number of halogens is 1. The second-order valence-electron chi connectivity index (χ2n) is 29.1. The summed E-state index contributed by atoms with van der Waals surface area (Å²) in [6, 6.07) is 9.70. The van der Waals surface area contributed by atoms with Crippen molar-refractivity contribution in [3.63, 3.8) is 0 Å². The average Bonchev–Trinajstić information content (AvgIpc) is 1.64. The Labute approximate surface area is 561 Å². The quantitative estimate of drug-likeness (QED) is 0.0250. The molecule has 0 heterocycles. The van der Waals surface area contributed by atoms with E-state index in [-0.39, 0.29) is 96.5 Å². The monoisotopic (exact) mass is 1480 g/mol. The van der Waals surface area contributed by atoms with E-state index >= 15 is 0 Å². The second kappa shape index (κ2) is 41.0. The van der Waals surface area contributed by atoms with Crippen LogP contribution in [-0.4, -0.2) is 171 Å². The van der Waals surface area contributed by atoms with Gasteiger partial charge in [0.05, 0.1) is 21.2 Å². The number of ether oxygens (including phenoxy) is 5. The Morgan fingerprint density at radius 2 is 1.00 bits per heavy atom. The summed E-state index contributed by atoms with van der Waals surface area (Å²) in [5, 5.41) is 47.3. The summed E-state index contributed by atoms with van der Waals surface area (Å²) in [5.74, 6) is 0.564. The van der Waals surface area contributed by atoms with Gasteiger partial charge in [-0.25, -0.2) is 23.7 Å². The maximum atomic E-state index is 11.6. The van der Waals surface area contributed by atoms with E-state index in [4.69, 9.17) is 68.3 Å². The van der Waals surface area contributed by atoms with Crippen molar-refractivity contribution in [2.75, 3.05) is 43.8 Å². The molecule has 0 spiro atoms. The molecule has 1 aromatic rings. The first-order valence-corrected chi connectivity index (χ1v) is 42.0. The summed E-state index contributed by atoms with van der Waals surface area (Å²) in [6.45, 7) is 42.8. The van der Waals surface area contributed by atoms with Crippen molar-refractivity contribution in [2.45, 2.75) is 248 Å². The van der Waals surface area contributed by atoms with Crippen molar-refractivity contribution in [2.24, 2.45) is 23.7 Å². The van der Waals surface area contributed by atoms with Gasteiger partial charge in [0.2, 0.25) is 7.37 Å². The number of aliphatic hydroxyl groups is 4. The molecule has 4 amide bonds. The lowest BCUT2D eigenvalue weighted by atomic mass is 10.2. The first-order chi connectivity index (χ1) is 40.5. The van der Waals surface area contributed by atoms with Gasteiger partial charge in [-0.2, -0.15) is 4.89 Å². The van der Waals surface area contributed by atoms with E-state index < -0.39 is 99.4 Å². The topological polar surface area (TPSA) is 374 Å². The molecule has 0 aromatic heterocycles. The van der Waals surface area contributed by atoms with Crippen LogP contribution in [0.1, 0.15) is 158 Å². The Bertz CT molecular complexity index is 2350. The molecule has 0 bridgehead atoms. The maximum absolute atomic E-state index is 11.6. The molecule has 0 aliphatic heterocycles. The number of alkyl halides is 1. The number of aliphatic hydroxyl groups excluding tert-OH is 4. The highest BCUT2D eigenvalue weighted by Gasteiger charge is 2.56. The molecule has 0 saturated heterocycles. The number of carbonyl (C=O) groups is 4. The highest BCUT2D eigenvalue weighted by molar-refractivity contribution is 9.09. The van der Waals surface area contributed by atoms with Crippen molar-refractivity contribution in [1.82, 2.24) is 21.3 Å². The fourth-order valence-corrected chi connectivity index (χ4v) is 13.0. The van der Waals surface area contributed by atoms with Crippen LogP contribution in [0.3, 0.4) is 0 Å².